The van der Waals surface area contributed by atoms with Gasteiger partial charge in [0.25, 0.3) is 5.91 Å². The van der Waals surface area contributed by atoms with Crippen molar-refractivity contribution in [2.75, 3.05) is 11.9 Å². The summed E-state index contributed by atoms with van der Waals surface area (Å²) >= 11 is 1.54. The van der Waals surface area contributed by atoms with E-state index >= 15 is 0 Å². The number of carbonyl (C=O) groups excluding carboxylic acids is 1. The maximum atomic E-state index is 12.4. The molecule has 0 aliphatic carbocycles. The highest BCUT2D eigenvalue weighted by molar-refractivity contribution is 7.13. The van der Waals surface area contributed by atoms with Crippen LogP contribution in [0.4, 0.5) is 5.13 Å². The molecule has 0 radical (unpaired) electrons. The summed E-state index contributed by atoms with van der Waals surface area (Å²) in [5, 5.41) is 6.10. The van der Waals surface area contributed by atoms with Crippen LogP contribution in [0.25, 0.3) is 0 Å². The van der Waals surface area contributed by atoms with E-state index in [2.05, 4.69) is 29.1 Å². The first-order valence-electron chi connectivity index (χ1n) is 7.28. The molecule has 2 heterocycles. The van der Waals surface area contributed by atoms with E-state index in [1.807, 2.05) is 40.6 Å². The summed E-state index contributed by atoms with van der Waals surface area (Å²) in [7, 11) is 0. The van der Waals surface area contributed by atoms with E-state index in [9.17, 15) is 4.79 Å². The van der Waals surface area contributed by atoms with E-state index in [1.165, 1.54) is 11.3 Å². The predicted octanol–water partition coefficient (Wildman–Crippen LogP) is 2.80. The Morgan fingerprint density at radius 3 is 2.95 bits per heavy atom. The first-order chi connectivity index (χ1) is 10.7. The maximum absolute atomic E-state index is 12.4. The number of amides is 1. The third-order valence-corrected chi connectivity index (χ3v) is 4.46. The van der Waals surface area contributed by atoms with Crippen LogP contribution in [0.3, 0.4) is 0 Å². The molecule has 3 rings (SSSR count). The van der Waals surface area contributed by atoms with Crippen molar-refractivity contribution in [2.24, 2.45) is 5.92 Å². The lowest BCUT2D eigenvalue weighted by Gasteiger charge is -2.25. The molecule has 2 atom stereocenters. The lowest BCUT2D eigenvalue weighted by molar-refractivity contribution is -0.125. The van der Waals surface area contributed by atoms with E-state index in [0.717, 1.165) is 23.7 Å². The van der Waals surface area contributed by atoms with Crippen LogP contribution in [-0.2, 0) is 4.79 Å². The summed E-state index contributed by atoms with van der Waals surface area (Å²) in [6, 6.07) is 9.57. The molecule has 1 aromatic carbocycles. The second kappa shape index (κ2) is 6.63. The Balaban J connectivity index is 1.72. The Labute approximate surface area is 134 Å². The van der Waals surface area contributed by atoms with Crippen LogP contribution in [0, 0.1) is 17.8 Å². The van der Waals surface area contributed by atoms with Crippen molar-refractivity contribution < 1.29 is 4.79 Å². The van der Waals surface area contributed by atoms with Crippen molar-refractivity contribution >= 4 is 22.4 Å². The van der Waals surface area contributed by atoms with Crippen molar-refractivity contribution in [3.8, 4) is 11.8 Å². The third kappa shape index (κ3) is 3.29. The summed E-state index contributed by atoms with van der Waals surface area (Å²) in [6.45, 7) is 2.87. The molecule has 2 aromatic rings. The number of rotatable bonds is 2. The molecule has 0 spiro atoms. The lowest BCUT2D eigenvalue weighted by atomic mass is 10.1. The molecule has 1 fully saturated rings. The topological polar surface area (TPSA) is 45.2 Å². The summed E-state index contributed by atoms with van der Waals surface area (Å²) < 4.78 is 0. The Kier molecular flexibility index (Phi) is 4.40. The van der Waals surface area contributed by atoms with Crippen LogP contribution in [0.2, 0.25) is 0 Å². The van der Waals surface area contributed by atoms with Gasteiger partial charge in [0.05, 0.1) is 0 Å². The lowest BCUT2D eigenvalue weighted by Crippen LogP contribution is -2.42. The normalized spacial score (nSPS) is 20.3. The minimum atomic E-state index is -0.137. The molecule has 0 saturated carbocycles. The van der Waals surface area contributed by atoms with E-state index < -0.39 is 0 Å². The van der Waals surface area contributed by atoms with Crippen LogP contribution < -0.4 is 5.32 Å². The highest BCUT2D eigenvalue weighted by Crippen LogP contribution is 2.26. The molecule has 4 nitrogen and oxygen atoms in total. The Morgan fingerprint density at radius 1 is 1.41 bits per heavy atom. The van der Waals surface area contributed by atoms with Gasteiger partial charge in [0.15, 0.2) is 5.13 Å². The largest absolute Gasteiger partial charge is 0.341 e. The Bertz CT molecular complexity index is 688. The zero-order valence-corrected chi connectivity index (χ0v) is 13.1. The molecule has 22 heavy (non-hydrogen) atoms. The average molecular weight is 311 g/mol. The van der Waals surface area contributed by atoms with E-state index in [1.54, 1.807) is 6.20 Å². The number of hydrogen-bond donors (Lipinski definition) is 1. The van der Waals surface area contributed by atoms with Crippen LogP contribution in [0.1, 0.15) is 18.9 Å². The Morgan fingerprint density at radius 2 is 2.23 bits per heavy atom. The van der Waals surface area contributed by atoms with Crippen LogP contribution in [0.15, 0.2) is 41.9 Å². The minimum absolute atomic E-state index is 0.0382. The van der Waals surface area contributed by atoms with Crippen molar-refractivity contribution in [3.05, 3.63) is 47.5 Å². The van der Waals surface area contributed by atoms with Gasteiger partial charge in [-0.1, -0.05) is 31.0 Å². The highest BCUT2D eigenvalue weighted by atomic mass is 32.1. The van der Waals surface area contributed by atoms with Crippen LogP contribution >= 0.6 is 11.3 Å². The second-order valence-corrected chi connectivity index (χ2v) is 6.20. The van der Waals surface area contributed by atoms with Gasteiger partial charge in [-0.15, -0.1) is 11.3 Å². The smallest absolute Gasteiger partial charge is 0.300 e. The van der Waals surface area contributed by atoms with E-state index in [0.29, 0.717) is 5.92 Å². The van der Waals surface area contributed by atoms with Crippen molar-refractivity contribution in [2.45, 2.75) is 19.5 Å². The quantitative estimate of drug-likeness (QED) is 0.868. The van der Waals surface area contributed by atoms with Crippen molar-refractivity contribution in [1.82, 2.24) is 9.88 Å². The van der Waals surface area contributed by atoms with Gasteiger partial charge < -0.3 is 10.2 Å². The summed E-state index contributed by atoms with van der Waals surface area (Å²) in [5.74, 6) is 5.93. The second-order valence-electron chi connectivity index (χ2n) is 5.31. The number of nitrogens with zero attached hydrogens (tertiary/aromatic N) is 2. The van der Waals surface area contributed by atoms with Crippen molar-refractivity contribution in [1.29, 1.82) is 0 Å². The molecule has 0 bridgehead atoms. The van der Waals surface area contributed by atoms with Gasteiger partial charge >= 0.3 is 0 Å². The van der Waals surface area contributed by atoms with Crippen LogP contribution in [0.5, 0.6) is 0 Å². The predicted molar refractivity (Wildman–Crippen MR) is 88.3 cm³/mol. The SMILES string of the molecule is CC1CCN(C(=O)C#Cc2ccccc2)C1Nc1nccs1. The molecular weight excluding hydrogens is 294 g/mol. The number of likely N-dealkylation sites (tertiary alicyclic amines) is 1. The molecule has 5 heteroatoms. The maximum Gasteiger partial charge on any atom is 0.300 e. The molecule has 1 aliphatic rings. The van der Waals surface area contributed by atoms with Gasteiger partial charge in [-0.2, -0.15) is 0 Å². The van der Waals surface area contributed by atoms with Gasteiger partial charge in [0.1, 0.15) is 6.17 Å². The number of benzene rings is 1. The van der Waals surface area contributed by atoms with Gasteiger partial charge in [-0.05, 0) is 24.5 Å². The highest BCUT2D eigenvalue weighted by Gasteiger charge is 2.34. The molecule has 1 amide bonds. The molecule has 1 saturated heterocycles. The summed E-state index contributed by atoms with van der Waals surface area (Å²) in [4.78, 5) is 18.4. The molecule has 2 unspecified atom stereocenters. The molecule has 1 aromatic heterocycles. The fourth-order valence-electron chi connectivity index (χ4n) is 2.54. The number of hydrogen-bond acceptors (Lipinski definition) is 4. The summed E-state index contributed by atoms with van der Waals surface area (Å²) in [6.07, 6.45) is 2.69. The number of nitrogens with one attached hydrogen (secondary N) is 1. The monoisotopic (exact) mass is 311 g/mol. The number of thiazole rings is 1. The molecule has 1 aliphatic heterocycles. The molecule has 1 N–H and O–H groups in total. The average Bonchev–Trinajstić information content (AvgIpc) is 3.17. The van der Waals surface area contributed by atoms with E-state index in [-0.39, 0.29) is 12.1 Å². The standard InChI is InChI=1S/C17H17N3OS/c1-13-9-11-20(16(13)19-17-18-10-12-22-17)15(21)8-7-14-5-3-2-4-6-14/h2-6,10,12-13,16H,9,11H2,1H3,(H,18,19). The van der Waals surface area contributed by atoms with Crippen LogP contribution in [-0.4, -0.2) is 28.5 Å². The first kappa shape index (κ1) is 14.6. The van der Waals surface area contributed by atoms with E-state index in [4.69, 9.17) is 0 Å². The number of aromatic nitrogens is 1. The first-order valence-corrected chi connectivity index (χ1v) is 8.16. The molecule has 112 valence electrons. The zero-order valence-electron chi connectivity index (χ0n) is 12.3. The Hall–Kier alpha value is -2.32. The minimum Gasteiger partial charge on any atom is -0.341 e. The number of anilines is 1. The fourth-order valence-corrected chi connectivity index (χ4v) is 3.10. The fraction of sp³-hybridized carbons (Fsp3) is 0.294. The van der Waals surface area contributed by atoms with Crippen molar-refractivity contribution in [3.63, 3.8) is 0 Å². The number of carbonyl (C=O) groups is 1. The van der Waals surface area contributed by atoms with Gasteiger partial charge in [0, 0.05) is 29.6 Å². The van der Waals surface area contributed by atoms with Gasteiger partial charge in [0.2, 0.25) is 0 Å². The van der Waals surface area contributed by atoms with Gasteiger partial charge in [-0.25, -0.2) is 4.98 Å². The summed E-state index contributed by atoms with van der Waals surface area (Å²) in [5.41, 5.74) is 0.854. The third-order valence-electron chi connectivity index (χ3n) is 3.75. The van der Waals surface area contributed by atoms with Gasteiger partial charge in [-0.3, -0.25) is 4.79 Å². The zero-order chi connectivity index (χ0) is 15.4. The molecular formula is C17H17N3OS.